The molecule has 0 aromatic heterocycles. The molecule has 3 aromatic carbocycles. The number of thioether (sulfide) groups is 1. The summed E-state index contributed by atoms with van der Waals surface area (Å²) in [5, 5.41) is 7.13. The summed E-state index contributed by atoms with van der Waals surface area (Å²) in [6.45, 7) is 0. The zero-order chi connectivity index (χ0) is 26.8. The maximum absolute atomic E-state index is 12.8. The number of halogens is 4. The Labute approximate surface area is 221 Å². The fourth-order valence-corrected chi connectivity index (χ4v) is 3.70. The summed E-state index contributed by atoms with van der Waals surface area (Å²) >= 11 is 7.37. The van der Waals surface area contributed by atoms with Crippen molar-refractivity contribution < 1.29 is 27.5 Å². The molecule has 2 N–H and O–H groups in total. The minimum absolute atomic E-state index is 0.0101. The fraction of sp³-hybridized carbons (Fsp3) is 0.192. The Bertz CT molecular complexity index is 1240. The van der Waals surface area contributed by atoms with Gasteiger partial charge in [-0.25, -0.2) is 5.43 Å². The van der Waals surface area contributed by atoms with Crippen LogP contribution in [0, 0.1) is 0 Å². The van der Waals surface area contributed by atoms with Gasteiger partial charge in [0.2, 0.25) is 0 Å². The van der Waals surface area contributed by atoms with Gasteiger partial charge in [0.05, 0.1) is 11.8 Å². The normalized spacial score (nSPS) is 12.2. The molecule has 0 heterocycles. The Balaban J connectivity index is 1.61. The Kier molecular flexibility index (Phi) is 9.99. The van der Waals surface area contributed by atoms with Gasteiger partial charge in [-0.1, -0.05) is 23.7 Å². The first-order valence-electron chi connectivity index (χ1n) is 11.0. The second-order valence-electron chi connectivity index (χ2n) is 7.75. The molecule has 1 unspecified atom stereocenters. The smallest absolute Gasteiger partial charge is 0.416 e. The number of ether oxygens (including phenoxy) is 1. The number of amides is 2. The molecule has 11 heteroatoms. The Hall–Kier alpha value is -3.50. The molecule has 0 radical (unpaired) electrons. The van der Waals surface area contributed by atoms with Crippen LogP contribution in [0.4, 0.5) is 13.2 Å². The molecule has 1 atom stereocenters. The zero-order valence-corrected chi connectivity index (χ0v) is 21.2. The van der Waals surface area contributed by atoms with Crippen molar-refractivity contribution in [2.75, 3.05) is 12.0 Å². The highest BCUT2D eigenvalue weighted by Gasteiger charge is 2.30. The summed E-state index contributed by atoms with van der Waals surface area (Å²) in [5.74, 6) is 0.510. The van der Waals surface area contributed by atoms with Gasteiger partial charge in [0, 0.05) is 10.6 Å². The number of nitrogens with zero attached hydrogens (tertiary/aromatic N) is 1. The van der Waals surface area contributed by atoms with Crippen molar-refractivity contribution >= 4 is 41.4 Å². The molecule has 3 aromatic rings. The predicted molar refractivity (Wildman–Crippen MR) is 139 cm³/mol. The van der Waals surface area contributed by atoms with E-state index in [0.29, 0.717) is 34.3 Å². The third kappa shape index (κ3) is 8.83. The van der Waals surface area contributed by atoms with E-state index in [-0.39, 0.29) is 5.56 Å². The zero-order valence-electron chi connectivity index (χ0n) is 19.6. The second kappa shape index (κ2) is 13.2. The molecule has 0 saturated carbocycles. The van der Waals surface area contributed by atoms with Gasteiger partial charge in [-0.05, 0) is 84.7 Å². The molecule has 0 aliphatic heterocycles. The second-order valence-corrected chi connectivity index (χ2v) is 9.17. The molecule has 0 aliphatic rings. The highest BCUT2D eigenvalue weighted by Crippen LogP contribution is 2.29. The predicted octanol–water partition coefficient (Wildman–Crippen LogP) is 6.15. The summed E-state index contributed by atoms with van der Waals surface area (Å²) in [6.07, 6.45) is -0.922. The van der Waals surface area contributed by atoms with E-state index in [1.54, 1.807) is 48.5 Å². The maximum atomic E-state index is 12.8. The largest absolute Gasteiger partial charge is 0.457 e. The summed E-state index contributed by atoms with van der Waals surface area (Å²) in [4.78, 5) is 25.2. The first-order chi connectivity index (χ1) is 17.7. The van der Waals surface area contributed by atoms with Crippen LogP contribution in [-0.4, -0.2) is 36.1 Å². The van der Waals surface area contributed by atoms with Crippen molar-refractivity contribution in [2.45, 2.75) is 18.6 Å². The van der Waals surface area contributed by atoms with Crippen molar-refractivity contribution in [2.24, 2.45) is 5.10 Å². The highest BCUT2D eigenvalue weighted by atomic mass is 35.5. The van der Waals surface area contributed by atoms with E-state index in [4.69, 9.17) is 16.3 Å². The standard InChI is InChI=1S/C26H23ClF3N3O3S/c1-37-14-13-23(32-24(34)18-5-7-19(8-6-18)26(28,29)30)25(35)33-31-16-17-3-2-4-22(15-17)36-21-11-9-20(27)10-12-21/h2-12,15-16,23H,13-14H2,1H3,(H,32,34)(H,33,35)/b31-16+. The van der Waals surface area contributed by atoms with E-state index in [0.717, 1.165) is 24.3 Å². The topological polar surface area (TPSA) is 79.8 Å². The van der Waals surface area contributed by atoms with E-state index >= 15 is 0 Å². The number of nitrogens with one attached hydrogen (secondary N) is 2. The van der Waals surface area contributed by atoms with Crippen molar-refractivity contribution in [3.05, 3.63) is 94.5 Å². The number of hydrogen-bond donors (Lipinski definition) is 2. The molecular formula is C26H23ClF3N3O3S. The van der Waals surface area contributed by atoms with Crippen LogP contribution in [0.5, 0.6) is 11.5 Å². The number of alkyl halides is 3. The number of hydrazone groups is 1. The quantitative estimate of drug-likeness (QED) is 0.235. The van der Waals surface area contributed by atoms with Crippen molar-refractivity contribution in [3.63, 3.8) is 0 Å². The molecule has 0 fully saturated rings. The number of carbonyl (C=O) groups is 2. The third-order valence-corrected chi connectivity index (χ3v) is 5.90. The lowest BCUT2D eigenvalue weighted by Crippen LogP contribution is -2.45. The average Bonchev–Trinajstić information content (AvgIpc) is 2.87. The van der Waals surface area contributed by atoms with E-state index in [9.17, 15) is 22.8 Å². The molecule has 194 valence electrons. The summed E-state index contributed by atoms with van der Waals surface area (Å²) in [7, 11) is 0. The van der Waals surface area contributed by atoms with Gasteiger partial charge in [0.25, 0.3) is 11.8 Å². The SMILES string of the molecule is CSCCC(NC(=O)c1ccc(C(F)(F)F)cc1)C(=O)N/N=C/c1cccc(Oc2ccc(Cl)cc2)c1. The lowest BCUT2D eigenvalue weighted by molar-refractivity contribution is -0.137. The molecule has 2 amide bonds. The summed E-state index contributed by atoms with van der Waals surface area (Å²) < 4.78 is 44.1. The lowest BCUT2D eigenvalue weighted by atomic mass is 10.1. The Morgan fingerprint density at radius 1 is 1.05 bits per heavy atom. The number of rotatable bonds is 10. The van der Waals surface area contributed by atoms with E-state index < -0.39 is 29.6 Å². The summed E-state index contributed by atoms with van der Waals surface area (Å²) in [6, 6.07) is 16.7. The number of benzene rings is 3. The van der Waals surface area contributed by atoms with Crippen LogP contribution in [-0.2, 0) is 11.0 Å². The number of carbonyl (C=O) groups excluding carboxylic acids is 2. The van der Waals surface area contributed by atoms with Crippen LogP contribution in [0.2, 0.25) is 5.02 Å². The van der Waals surface area contributed by atoms with Crippen LogP contribution < -0.4 is 15.5 Å². The van der Waals surface area contributed by atoms with Crippen molar-refractivity contribution in [1.82, 2.24) is 10.7 Å². The van der Waals surface area contributed by atoms with Crippen molar-refractivity contribution in [1.29, 1.82) is 0 Å². The van der Waals surface area contributed by atoms with Gasteiger partial charge in [0.1, 0.15) is 17.5 Å². The minimum Gasteiger partial charge on any atom is -0.457 e. The van der Waals surface area contributed by atoms with Gasteiger partial charge >= 0.3 is 6.18 Å². The monoisotopic (exact) mass is 549 g/mol. The van der Waals surface area contributed by atoms with Crippen LogP contribution in [0.3, 0.4) is 0 Å². The number of hydrogen-bond acceptors (Lipinski definition) is 5. The van der Waals surface area contributed by atoms with Crippen LogP contribution in [0.25, 0.3) is 0 Å². The van der Waals surface area contributed by atoms with Gasteiger partial charge in [-0.3, -0.25) is 9.59 Å². The summed E-state index contributed by atoms with van der Waals surface area (Å²) in [5.41, 5.74) is 2.20. The van der Waals surface area contributed by atoms with Gasteiger partial charge in [-0.15, -0.1) is 0 Å². The highest BCUT2D eigenvalue weighted by molar-refractivity contribution is 7.98. The molecular weight excluding hydrogens is 527 g/mol. The molecule has 6 nitrogen and oxygen atoms in total. The van der Waals surface area contributed by atoms with Gasteiger partial charge < -0.3 is 10.1 Å². The van der Waals surface area contributed by atoms with Crippen LogP contribution in [0.15, 0.2) is 77.9 Å². The molecule has 0 spiro atoms. The van der Waals surface area contributed by atoms with Crippen LogP contribution in [0.1, 0.15) is 27.9 Å². The molecule has 0 bridgehead atoms. The Morgan fingerprint density at radius 3 is 2.41 bits per heavy atom. The lowest BCUT2D eigenvalue weighted by Gasteiger charge is -2.17. The first kappa shape index (κ1) is 28.1. The van der Waals surface area contributed by atoms with Gasteiger partial charge in [0.15, 0.2) is 0 Å². The van der Waals surface area contributed by atoms with E-state index in [1.165, 1.54) is 18.0 Å². The fourth-order valence-electron chi connectivity index (χ4n) is 3.10. The molecule has 37 heavy (non-hydrogen) atoms. The first-order valence-corrected chi connectivity index (χ1v) is 12.8. The average molecular weight is 550 g/mol. The third-order valence-electron chi connectivity index (χ3n) is 5.00. The van der Waals surface area contributed by atoms with Gasteiger partial charge in [-0.2, -0.15) is 30.0 Å². The van der Waals surface area contributed by atoms with Crippen LogP contribution >= 0.6 is 23.4 Å². The van der Waals surface area contributed by atoms with E-state index in [2.05, 4.69) is 15.8 Å². The Morgan fingerprint density at radius 2 is 1.76 bits per heavy atom. The molecule has 0 saturated heterocycles. The van der Waals surface area contributed by atoms with E-state index in [1.807, 2.05) is 6.26 Å². The molecule has 0 aliphatic carbocycles. The molecule has 3 rings (SSSR count). The maximum Gasteiger partial charge on any atom is 0.416 e. The minimum atomic E-state index is -4.50. The van der Waals surface area contributed by atoms with Crippen molar-refractivity contribution in [3.8, 4) is 11.5 Å².